The first kappa shape index (κ1) is 14.0. The molecule has 1 aromatic rings. The molecule has 0 saturated carbocycles. The van der Waals surface area contributed by atoms with Crippen molar-refractivity contribution in [3.8, 4) is 5.75 Å². The molecule has 5 heteroatoms. The molecule has 0 aromatic heterocycles. The van der Waals surface area contributed by atoms with Crippen molar-refractivity contribution in [1.29, 1.82) is 0 Å². The number of sulfonamides is 1. The van der Waals surface area contributed by atoms with E-state index in [2.05, 4.69) is 4.72 Å². The average Bonchev–Trinajstić information content (AvgIpc) is 2.26. The molecule has 0 aliphatic rings. The lowest BCUT2D eigenvalue weighted by Crippen LogP contribution is -2.25. The summed E-state index contributed by atoms with van der Waals surface area (Å²) in [7, 11) is -1.58. The smallest absolute Gasteiger partial charge is 0.211 e. The van der Waals surface area contributed by atoms with Crippen LogP contribution in [0.4, 0.5) is 0 Å². The van der Waals surface area contributed by atoms with Crippen molar-refractivity contribution >= 4 is 10.0 Å². The van der Waals surface area contributed by atoms with Crippen molar-refractivity contribution < 1.29 is 13.2 Å². The third-order valence-corrected chi connectivity index (χ3v) is 3.91. The molecule has 0 aliphatic carbocycles. The fourth-order valence-electron chi connectivity index (χ4n) is 1.76. The maximum absolute atomic E-state index is 11.4. The van der Waals surface area contributed by atoms with E-state index in [-0.39, 0.29) is 12.3 Å². The molecule has 1 N–H and O–H groups in total. The zero-order valence-electron chi connectivity index (χ0n) is 10.7. The first-order valence-corrected chi connectivity index (χ1v) is 7.16. The molecule has 0 bridgehead atoms. The van der Waals surface area contributed by atoms with Gasteiger partial charge < -0.3 is 4.74 Å². The SMILES string of the molecule is CCS(=O)(=O)NCc1cc(C)cc(C)c1OC. The quantitative estimate of drug-likeness (QED) is 0.874. The number of hydrogen-bond donors (Lipinski definition) is 1. The Morgan fingerprint density at radius 3 is 2.47 bits per heavy atom. The van der Waals surface area contributed by atoms with E-state index in [0.717, 1.165) is 22.4 Å². The van der Waals surface area contributed by atoms with Crippen LogP contribution in [0.25, 0.3) is 0 Å². The predicted molar refractivity (Wildman–Crippen MR) is 68.8 cm³/mol. The molecule has 0 radical (unpaired) electrons. The Morgan fingerprint density at radius 1 is 1.29 bits per heavy atom. The van der Waals surface area contributed by atoms with Gasteiger partial charge in [0.15, 0.2) is 0 Å². The predicted octanol–water partition coefficient (Wildman–Crippen LogP) is 1.75. The van der Waals surface area contributed by atoms with Crippen LogP contribution in [-0.4, -0.2) is 21.3 Å². The average molecular weight is 257 g/mol. The van der Waals surface area contributed by atoms with Crippen LogP contribution in [0.5, 0.6) is 5.75 Å². The summed E-state index contributed by atoms with van der Waals surface area (Å²) in [6.07, 6.45) is 0. The maximum Gasteiger partial charge on any atom is 0.211 e. The molecule has 17 heavy (non-hydrogen) atoms. The van der Waals surface area contributed by atoms with Crippen molar-refractivity contribution in [2.24, 2.45) is 0 Å². The Hall–Kier alpha value is -1.07. The van der Waals surface area contributed by atoms with E-state index in [0.29, 0.717) is 0 Å². The van der Waals surface area contributed by atoms with E-state index >= 15 is 0 Å². The van der Waals surface area contributed by atoms with E-state index in [4.69, 9.17) is 4.74 Å². The van der Waals surface area contributed by atoms with Crippen LogP contribution < -0.4 is 9.46 Å². The second-order valence-electron chi connectivity index (χ2n) is 4.00. The van der Waals surface area contributed by atoms with Crippen LogP contribution in [0.3, 0.4) is 0 Å². The minimum absolute atomic E-state index is 0.0834. The van der Waals surface area contributed by atoms with Crippen LogP contribution in [-0.2, 0) is 16.6 Å². The van der Waals surface area contributed by atoms with Gasteiger partial charge in [0.05, 0.1) is 12.9 Å². The van der Waals surface area contributed by atoms with E-state index in [1.165, 1.54) is 0 Å². The van der Waals surface area contributed by atoms with Gasteiger partial charge in [-0.15, -0.1) is 0 Å². The molecule has 0 fully saturated rings. The second kappa shape index (κ2) is 5.51. The number of rotatable bonds is 5. The summed E-state index contributed by atoms with van der Waals surface area (Å²) >= 11 is 0. The highest BCUT2D eigenvalue weighted by Gasteiger charge is 2.11. The van der Waals surface area contributed by atoms with E-state index in [9.17, 15) is 8.42 Å². The van der Waals surface area contributed by atoms with E-state index in [1.54, 1.807) is 14.0 Å². The highest BCUT2D eigenvalue weighted by atomic mass is 32.2. The highest BCUT2D eigenvalue weighted by molar-refractivity contribution is 7.89. The molecule has 0 amide bonds. The van der Waals surface area contributed by atoms with Crippen molar-refractivity contribution in [3.05, 3.63) is 28.8 Å². The van der Waals surface area contributed by atoms with Gasteiger partial charge in [0.1, 0.15) is 5.75 Å². The van der Waals surface area contributed by atoms with E-state index in [1.807, 2.05) is 26.0 Å². The Bertz CT molecular complexity index is 495. The molecular formula is C12H19NO3S. The summed E-state index contributed by atoms with van der Waals surface area (Å²) in [6, 6.07) is 3.95. The van der Waals surface area contributed by atoms with Crippen molar-refractivity contribution in [1.82, 2.24) is 4.72 Å². The third-order valence-electron chi connectivity index (χ3n) is 2.56. The fourth-order valence-corrected chi connectivity index (χ4v) is 2.34. The van der Waals surface area contributed by atoms with Gasteiger partial charge in [0, 0.05) is 12.1 Å². The van der Waals surface area contributed by atoms with Crippen LogP contribution >= 0.6 is 0 Å². The first-order valence-electron chi connectivity index (χ1n) is 5.51. The first-order chi connectivity index (χ1) is 7.89. The molecule has 4 nitrogen and oxygen atoms in total. The summed E-state index contributed by atoms with van der Waals surface area (Å²) in [5, 5.41) is 0. The van der Waals surface area contributed by atoms with Gasteiger partial charge in [-0.1, -0.05) is 17.7 Å². The van der Waals surface area contributed by atoms with Crippen LogP contribution in [0.1, 0.15) is 23.6 Å². The number of nitrogens with one attached hydrogen (secondary N) is 1. The number of aryl methyl sites for hydroxylation is 2. The van der Waals surface area contributed by atoms with Gasteiger partial charge in [-0.05, 0) is 26.3 Å². The van der Waals surface area contributed by atoms with Crippen LogP contribution in [0.15, 0.2) is 12.1 Å². The lowest BCUT2D eigenvalue weighted by molar-refractivity contribution is 0.406. The number of methoxy groups -OCH3 is 1. The normalized spacial score (nSPS) is 11.5. The molecule has 0 unspecified atom stereocenters. The lowest BCUT2D eigenvalue weighted by Gasteiger charge is -2.13. The van der Waals surface area contributed by atoms with Gasteiger partial charge in [-0.25, -0.2) is 13.1 Å². The van der Waals surface area contributed by atoms with Crippen molar-refractivity contribution in [2.75, 3.05) is 12.9 Å². The van der Waals surface area contributed by atoms with Gasteiger partial charge in [-0.2, -0.15) is 0 Å². The third kappa shape index (κ3) is 3.71. The monoisotopic (exact) mass is 257 g/mol. The van der Waals surface area contributed by atoms with Crippen molar-refractivity contribution in [2.45, 2.75) is 27.3 Å². The fraction of sp³-hybridized carbons (Fsp3) is 0.500. The Kier molecular flexibility index (Phi) is 4.54. The van der Waals surface area contributed by atoms with Gasteiger partial charge in [0.2, 0.25) is 10.0 Å². The molecule has 0 saturated heterocycles. The lowest BCUT2D eigenvalue weighted by atomic mass is 10.1. The number of ether oxygens (including phenoxy) is 1. The minimum atomic E-state index is -3.17. The maximum atomic E-state index is 11.4. The van der Waals surface area contributed by atoms with Gasteiger partial charge in [0.25, 0.3) is 0 Å². The molecular weight excluding hydrogens is 238 g/mol. The summed E-state index contributed by atoms with van der Waals surface area (Å²) < 4.78 is 30.6. The summed E-state index contributed by atoms with van der Waals surface area (Å²) in [5.74, 6) is 0.828. The second-order valence-corrected chi connectivity index (χ2v) is 6.09. The summed E-state index contributed by atoms with van der Waals surface area (Å²) in [6.45, 7) is 5.80. The van der Waals surface area contributed by atoms with Gasteiger partial charge in [-0.3, -0.25) is 0 Å². The Morgan fingerprint density at radius 2 is 1.94 bits per heavy atom. The molecule has 96 valence electrons. The Labute approximate surface area is 103 Å². The van der Waals surface area contributed by atoms with Crippen LogP contribution in [0.2, 0.25) is 0 Å². The molecule has 0 heterocycles. The zero-order chi connectivity index (χ0) is 13.1. The molecule has 1 aromatic carbocycles. The Balaban J connectivity index is 2.98. The van der Waals surface area contributed by atoms with Gasteiger partial charge >= 0.3 is 0 Å². The topological polar surface area (TPSA) is 55.4 Å². The highest BCUT2D eigenvalue weighted by Crippen LogP contribution is 2.24. The summed E-state index contributed by atoms with van der Waals surface area (Å²) in [5.41, 5.74) is 2.97. The van der Waals surface area contributed by atoms with Crippen LogP contribution in [0, 0.1) is 13.8 Å². The summed E-state index contributed by atoms with van der Waals surface area (Å²) in [4.78, 5) is 0. The molecule has 0 aliphatic heterocycles. The van der Waals surface area contributed by atoms with E-state index < -0.39 is 10.0 Å². The number of hydrogen-bond acceptors (Lipinski definition) is 3. The largest absolute Gasteiger partial charge is 0.496 e. The molecule has 1 rings (SSSR count). The zero-order valence-corrected chi connectivity index (χ0v) is 11.5. The molecule has 0 atom stereocenters. The van der Waals surface area contributed by atoms with Crippen molar-refractivity contribution in [3.63, 3.8) is 0 Å². The standard InChI is InChI=1S/C12H19NO3S/c1-5-17(14,15)13-8-11-7-9(2)6-10(3)12(11)16-4/h6-7,13H,5,8H2,1-4H3. The number of benzene rings is 1. The minimum Gasteiger partial charge on any atom is -0.496 e. The molecule has 0 spiro atoms.